The summed E-state index contributed by atoms with van der Waals surface area (Å²) in [7, 11) is 0. The zero-order chi connectivity index (χ0) is 17.4. The van der Waals surface area contributed by atoms with Gasteiger partial charge in [0.15, 0.2) is 0 Å². The predicted molar refractivity (Wildman–Crippen MR) is 101 cm³/mol. The van der Waals surface area contributed by atoms with Crippen LogP contribution in [0.15, 0.2) is 60.7 Å². The number of fused-ring (bicyclic) bond motifs is 2. The maximum Gasteiger partial charge on any atom is 0.346 e. The number of nitrogens with one attached hydrogen (secondary N) is 1. The van der Waals surface area contributed by atoms with Gasteiger partial charge in [-0.2, -0.15) is 0 Å². The quantitative estimate of drug-likeness (QED) is 0.523. The number of hydrogen-bond acceptors (Lipinski definition) is 4. The third kappa shape index (κ3) is 2.52. The van der Waals surface area contributed by atoms with Gasteiger partial charge in [-0.3, -0.25) is 5.41 Å². The van der Waals surface area contributed by atoms with Gasteiger partial charge in [0.05, 0.1) is 16.8 Å². The molecule has 5 heteroatoms. The van der Waals surface area contributed by atoms with Crippen molar-refractivity contribution in [3.63, 3.8) is 0 Å². The van der Waals surface area contributed by atoms with Crippen molar-refractivity contribution < 1.29 is 9.90 Å². The number of carboxylic acid groups (broad SMARTS) is 1. The lowest BCUT2D eigenvalue weighted by Gasteiger charge is -2.06. The number of benzene rings is 2. The first-order valence-electron chi connectivity index (χ1n) is 7.60. The highest BCUT2D eigenvalue weighted by atomic mass is 32.1. The molecule has 0 radical (unpaired) electrons. The summed E-state index contributed by atoms with van der Waals surface area (Å²) in [4.78, 5) is 16.5. The fourth-order valence-electron chi connectivity index (χ4n) is 2.90. The van der Waals surface area contributed by atoms with E-state index < -0.39 is 5.97 Å². The summed E-state index contributed by atoms with van der Waals surface area (Å²) in [6.45, 7) is 0. The van der Waals surface area contributed by atoms with Crippen LogP contribution >= 0.6 is 11.3 Å². The summed E-state index contributed by atoms with van der Waals surface area (Å²) in [6.07, 6.45) is 0. The number of nitrogens with zero attached hydrogens (tertiary/aromatic N) is 1. The van der Waals surface area contributed by atoms with Crippen molar-refractivity contribution >= 4 is 49.7 Å². The second-order valence-electron chi connectivity index (χ2n) is 5.50. The molecule has 25 heavy (non-hydrogen) atoms. The summed E-state index contributed by atoms with van der Waals surface area (Å²) in [5.41, 5.74) is 2.23. The molecule has 2 heterocycles. The number of aromatic carboxylic acids is 1. The van der Waals surface area contributed by atoms with E-state index in [4.69, 9.17) is 5.41 Å². The zero-order valence-electron chi connectivity index (χ0n) is 13.0. The van der Waals surface area contributed by atoms with Gasteiger partial charge in [-0.05, 0) is 24.1 Å². The van der Waals surface area contributed by atoms with Crippen molar-refractivity contribution in [2.24, 2.45) is 0 Å². The third-order valence-corrected chi connectivity index (χ3v) is 5.18. The topological polar surface area (TPSA) is 74.0 Å². The maximum absolute atomic E-state index is 11.7. The molecule has 4 aromatic rings. The summed E-state index contributed by atoms with van der Waals surface area (Å²) in [6, 6.07) is 18.9. The molecule has 0 saturated heterocycles. The van der Waals surface area contributed by atoms with E-state index in [9.17, 15) is 9.90 Å². The van der Waals surface area contributed by atoms with E-state index >= 15 is 0 Å². The largest absolute Gasteiger partial charge is 0.477 e. The van der Waals surface area contributed by atoms with E-state index in [1.54, 1.807) is 6.07 Å². The number of pyridine rings is 1. The molecule has 2 N–H and O–H groups in total. The van der Waals surface area contributed by atoms with Gasteiger partial charge in [0, 0.05) is 21.0 Å². The van der Waals surface area contributed by atoms with Crippen molar-refractivity contribution in [1.82, 2.24) is 4.98 Å². The molecular weight excluding hydrogens is 332 g/mol. The summed E-state index contributed by atoms with van der Waals surface area (Å²) in [5.74, 6) is 1.41. The van der Waals surface area contributed by atoms with E-state index in [0.29, 0.717) is 16.8 Å². The van der Waals surface area contributed by atoms with Crippen molar-refractivity contribution in [3.05, 3.63) is 76.8 Å². The first kappa shape index (κ1) is 15.3. The van der Waals surface area contributed by atoms with Crippen LogP contribution in [0.3, 0.4) is 0 Å². The van der Waals surface area contributed by atoms with Crippen molar-refractivity contribution in [1.29, 1.82) is 5.41 Å². The molecule has 0 aliphatic heterocycles. The molecule has 0 unspecified atom stereocenters. The lowest BCUT2D eigenvalue weighted by molar-refractivity contribution is 0.0702. The lowest BCUT2D eigenvalue weighted by Crippen LogP contribution is -2.00. The Morgan fingerprint density at radius 2 is 1.80 bits per heavy atom. The Bertz CT molecular complexity index is 1190. The summed E-state index contributed by atoms with van der Waals surface area (Å²) in [5, 5.41) is 19.2. The minimum Gasteiger partial charge on any atom is -0.477 e. The number of para-hydroxylation sites is 1. The monoisotopic (exact) mass is 344 g/mol. The third-order valence-electron chi connectivity index (χ3n) is 4.02. The van der Waals surface area contributed by atoms with Gasteiger partial charge < -0.3 is 5.11 Å². The van der Waals surface area contributed by atoms with Crippen LogP contribution in [0.5, 0.6) is 0 Å². The van der Waals surface area contributed by atoms with Crippen LogP contribution in [0, 0.1) is 5.41 Å². The van der Waals surface area contributed by atoms with Crippen LogP contribution in [0.25, 0.3) is 26.6 Å². The Kier molecular flexibility index (Phi) is 3.65. The van der Waals surface area contributed by atoms with Crippen molar-refractivity contribution in [2.75, 3.05) is 0 Å². The first-order chi connectivity index (χ1) is 12.2. The molecule has 0 atom stereocenters. The minimum atomic E-state index is -1.01. The number of aromatic nitrogens is 1. The smallest absolute Gasteiger partial charge is 0.346 e. The maximum atomic E-state index is 11.7. The van der Waals surface area contributed by atoms with Gasteiger partial charge in [0.25, 0.3) is 0 Å². The Morgan fingerprint density at radius 3 is 2.60 bits per heavy atom. The molecule has 4 nitrogen and oxygen atoms in total. The molecule has 0 aliphatic rings. The van der Waals surface area contributed by atoms with Crippen LogP contribution in [0.1, 0.15) is 20.9 Å². The van der Waals surface area contributed by atoms with E-state index in [1.165, 1.54) is 11.3 Å². The lowest BCUT2D eigenvalue weighted by atomic mass is 9.99. The molecule has 0 bridgehead atoms. The Labute approximate surface area is 147 Å². The molecule has 0 amide bonds. The number of carbonyl (C=O) groups is 1. The Hall–Kier alpha value is -3.27. The SMILES string of the molecule is N=C=C(c1ccc2ccccc2n1)c1c(C(=O)O)sc2ccccc12. The van der Waals surface area contributed by atoms with Crippen LogP contribution in [0.2, 0.25) is 0 Å². The molecule has 0 saturated carbocycles. The highest BCUT2D eigenvalue weighted by Gasteiger charge is 2.22. The number of carboxylic acids is 1. The molecule has 0 spiro atoms. The second kappa shape index (κ2) is 5.98. The van der Waals surface area contributed by atoms with Crippen molar-refractivity contribution in [3.8, 4) is 0 Å². The predicted octanol–water partition coefficient (Wildman–Crippen LogP) is 4.83. The molecule has 0 aliphatic carbocycles. The van der Waals surface area contributed by atoms with Gasteiger partial charge in [0.1, 0.15) is 4.88 Å². The molecule has 120 valence electrons. The van der Waals surface area contributed by atoms with E-state index in [-0.39, 0.29) is 4.88 Å². The average Bonchev–Trinajstić information content (AvgIpc) is 3.02. The first-order valence-corrected chi connectivity index (χ1v) is 8.42. The van der Waals surface area contributed by atoms with Gasteiger partial charge in [0.2, 0.25) is 0 Å². The highest BCUT2D eigenvalue weighted by molar-refractivity contribution is 7.21. The average molecular weight is 344 g/mol. The Balaban J connectivity index is 2.00. The summed E-state index contributed by atoms with van der Waals surface area (Å²) < 4.78 is 0.864. The molecular formula is C20H12N2O2S. The number of thiophene rings is 1. The fourth-order valence-corrected chi connectivity index (χ4v) is 3.95. The standard InChI is InChI=1S/C20H12N2O2S/c21-11-14(16-10-9-12-5-1-3-7-15(12)22-16)18-13-6-2-4-8-17(13)25-19(18)20(23)24/h1-10,21H,(H,23,24). The van der Waals surface area contributed by atoms with Gasteiger partial charge in [-0.25, -0.2) is 9.78 Å². The molecule has 0 fully saturated rings. The normalized spacial score (nSPS) is 10.7. The van der Waals surface area contributed by atoms with E-state index in [0.717, 1.165) is 21.0 Å². The number of rotatable bonds is 3. The van der Waals surface area contributed by atoms with Crippen LogP contribution < -0.4 is 0 Å². The Morgan fingerprint density at radius 1 is 1.04 bits per heavy atom. The molecule has 2 aromatic heterocycles. The molecule has 4 rings (SSSR count). The zero-order valence-corrected chi connectivity index (χ0v) is 13.8. The second-order valence-corrected chi connectivity index (χ2v) is 6.55. The van der Waals surface area contributed by atoms with Gasteiger partial charge >= 0.3 is 5.97 Å². The van der Waals surface area contributed by atoms with Crippen LogP contribution in [0.4, 0.5) is 0 Å². The van der Waals surface area contributed by atoms with Gasteiger partial charge in [-0.15, -0.1) is 11.3 Å². The van der Waals surface area contributed by atoms with Crippen LogP contribution in [-0.2, 0) is 0 Å². The van der Waals surface area contributed by atoms with E-state index in [2.05, 4.69) is 10.9 Å². The highest BCUT2D eigenvalue weighted by Crippen LogP contribution is 2.37. The van der Waals surface area contributed by atoms with Crippen LogP contribution in [-0.4, -0.2) is 21.9 Å². The molecule has 2 aromatic carbocycles. The van der Waals surface area contributed by atoms with Gasteiger partial charge in [-0.1, -0.05) is 42.5 Å². The minimum absolute atomic E-state index is 0.200. The number of hydrogen-bond donors (Lipinski definition) is 2. The van der Waals surface area contributed by atoms with Crippen molar-refractivity contribution in [2.45, 2.75) is 0 Å². The summed E-state index contributed by atoms with van der Waals surface area (Å²) >= 11 is 1.20. The van der Waals surface area contributed by atoms with E-state index in [1.807, 2.05) is 54.6 Å². The fraction of sp³-hybridized carbons (Fsp3) is 0.